The van der Waals surface area contributed by atoms with E-state index in [1.165, 1.54) is 0 Å². The van der Waals surface area contributed by atoms with Crippen molar-refractivity contribution in [3.8, 4) is 0 Å². The largest absolute Gasteiger partial charge is 0.481 e. The predicted molar refractivity (Wildman–Crippen MR) is 189 cm³/mol. The monoisotopic (exact) mass is 722 g/mol. The van der Waals surface area contributed by atoms with Gasteiger partial charge in [0.15, 0.2) is 23.1 Å². The van der Waals surface area contributed by atoms with E-state index in [1.807, 2.05) is 26.8 Å². The first-order valence-electron chi connectivity index (χ1n) is 19.6. The first-order valence-corrected chi connectivity index (χ1v) is 19.6. The Morgan fingerprint density at radius 3 is 2.24 bits per heavy atom. The lowest BCUT2D eigenvalue weighted by molar-refractivity contribution is -0.373. The second-order valence-corrected chi connectivity index (χ2v) is 17.8. The van der Waals surface area contributed by atoms with Crippen LogP contribution in [0.25, 0.3) is 0 Å². The highest BCUT2D eigenvalue weighted by atomic mass is 16.8. The van der Waals surface area contributed by atoms with Gasteiger partial charge < -0.3 is 44.1 Å². The molecule has 0 amide bonds. The highest BCUT2D eigenvalue weighted by molar-refractivity contribution is 5.96. The number of aliphatic hydroxyl groups is 3. The minimum atomic E-state index is -1.60. The second-order valence-electron chi connectivity index (χ2n) is 17.8. The van der Waals surface area contributed by atoms with Crippen molar-refractivity contribution in [3.05, 3.63) is 11.6 Å². The molecule has 5 aliphatic heterocycles. The van der Waals surface area contributed by atoms with Gasteiger partial charge in [-0.2, -0.15) is 0 Å². The van der Waals surface area contributed by atoms with Crippen LogP contribution in [0.2, 0.25) is 0 Å². The van der Waals surface area contributed by atoms with Crippen molar-refractivity contribution in [1.82, 2.24) is 0 Å². The first kappa shape index (κ1) is 40.7. The summed E-state index contributed by atoms with van der Waals surface area (Å²) in [4.78, 5) is 24.5. The number of carboxylic acids is 1. The van der Waals surface area contributed by atoms with E-state index in [-0.39, 0.29) is 66.0 Å². The van der Waals surface area contributed by atoms with Gasteiger partial charge in [-0.15, -0.1) is 0 Å². The maximum atomic E-state index is 13.2. The van der Waals surface area contributed by atoms with Gasteiger partial charge in [0.05, 0.1) is 48.6 Å². The average Bonchev–Trinajstić information content (AvgIpc) is 3.57. The second kappa shape index (κ2) is 15.0. The Kier molecular flexibility index (Phi) is 12.0. The van der Waals surface area contributed by atoms with E-state index in [1.54, 1.807) is 20.8 Å². The molecule has 5 heterocycles. The quantitative estimate of drug-likeness (QED) is 0.207. The Morgan fingerprint density at radius 1 is 0.902 bits per heavy atom. The smallest absolute Gasteiger partial charge is 0.306 e. The minimum Gasteiger partial charge on any atom is -0.481 e. The summed E-state index contributed by atoms with van der Waals surface area (Å²) in [6, 6.07) is 0. The number of aliphatic carboxylic acids is 1. The van der Waals surface area contributed by atoms with E-state index in [2.05, 4.69) is 27.7 Å². The molecule has 0 aromatic rings. The zero-order valence-electron chi connectivity index (χ0n) is 32.6. The Balaban J connectivity index is 1.29. The molecule has 11 heteroatoms. The molecule has 17 unspecified atom stereocenters. The molecule has 5 aliphatic rings. The van der Waals surface area contributed by atoms with Crippen molar-refractivity contribution in [2.24, 2.45) is 47.3 Å². The number of carbonyl (C=O) groups is 2. The fourth-order valence-corrected chi connectivity index (χ4v) is 10.1. The normalized spacial score (nSPS) is 48.1. The number of ketones is 1. The van der Waals surface area contributed by atoms with E-state index in [9.17, 15) is 30.0 Å². The van der Waals surface area contributed by atoms with E-state index in [0.717, 1.165) is 19.3 Å². The molecule has 0 bridgehead atoms. The topological polar surface area (TPSA) is 161 Å². The van der Waals surface area contributed by atoms with Gasteiger partial charge in [0, 0.05) is 48.3 Å². The number of carboxylic acid groups (broad SMARTS) is 1. The summed E-state index contributed by atoms with van der Waals surface area (Å²) in [5.41, 5.74) is -0.126. The molecule has 4 N–H and O–H groups in total. The van der Waals surface area contributed by atoms with Crippen molar-refractivity contribution in [2.45, 2.75) is 174 Å². The summed E-state index contributed by atoms with van der Waals surface area (Å²) in [5.74, 6) is -5.75. The van der Waals surface area contributed by atoms with Gasteiger partial charge in [0.1, 0.15) is 0 Å². The van der Waals surface area contributed by atoms with Gasteiger partial charge in [0.2, 0.25) is 0 Å². The predicted octanol–water partition coefficient (Wildman–Crippen LogP) is 5.61. The molecule has 0 aliphatic carbocycles. The Bertz CT molecular complexity index is 1300. The van der Waals surface area contributed by atoms with Gasteiger partial charge >= 0.3 is 5.97 Å². The van der Waals surface area contributed by atoms with Crippen LogP contribution in [-0.4, -0.2) is 92.3 Å². The van der Waals surface area contributed by atoms with Crippen LogP contribution in [0.5, 0.6) is 0 Å². The molecule has 5 fully saturated rings. The molecule has 0 aromatic heterocycles. The Morgan fingerprint density at radius 2 is 1.59 bits per heavy atom. The summed E-state index contributed by atoms with van der Waals surface area (Å²) in [5, 5.41) is 41.7. The molecular formula is C40H66O11. The standard InChI is InChI=1S/C40H66O11/c1-21(33(43)22(2)16-25(5)36(44)45)15-23(3)34-29(9)30(42)19-38(49-34)14-13-37(10,51-38)32-12-11-26(6)40(48-32)28(8)18-31(47-40)35-24(4)17-27(7)39(46,20-41)50-35/h15,22-32,34-35,41-42,46H,11-14,16-20H2,1-10H3,(H,44,45). The van der Waals surface area contributed by atoms with Crippen LogP contribution in [0, 0.1) is 47.3 Å². The summed E-state index contributed by atoms with van der Waals surface area (Å²) < 4.78 is 34.0. The zero-order chi connectivity index (χ0) is 37.8. The lowest BCUT2D eigenvalue weighted by Crippen LogP contribution is -2.59. The van der Waals surface area contributed by atoms with Crippen LogP contribution >= 0.6 is 0 Å². The number of hydrogen-bond acceptors (Lipinski definition) is 10. The molecule has 0 aromatic carbocycles. The van der Waals surface area contributed by atoms with Crippen molar-refractivity contribution in [3.63, 3.8) is 0 Å². The molecule has 5 rings (SSSR count). The number of Topliss-reactive ketones (excluding diaryl/α,β-unsaturated/α-hetero) is 1. The number of hydrogen-bond donors (Lipinski definition) is 4. The molecule has 292 valence electrons. The summed E-state index contributed by atoms with van der Waals surface area (Å²) in [6.45, 7) is 19.1. The van der Waals surface area contributed by atoms with Crippen LogP contribution in [0.15, 0.2) is 11.6 Å². The lowest BCUT2D eigenvalue weighted by Gasteiger charge is -2.51. The third kappa shape index (κ3) is 7.75. The SMILES string of the molecule is CC(=CC(C)C1OC2(CCC(C)(C3CCC(C)C4(OC(C5OC(O)(CO)C(C)CC5C)CC4C)O3)O2)CC(O)C1C)C(=O)C(C)CC(C)C(=O)O. The average molecular weight is 723 g/mol. The van der Waals surface area contributed by atoms with E-state index in [4.69, 9.17) is 23.7 Å². The van der Waals surface area contributed by atoms with E-state index < -0.39 is 59.6 Å². The number of aliphatic hydroxyl groups excluding tert-OH is 2. The van der Waals surface area contributed by atoms with Crippen molar-refractivity contribution in [1.29, 1.82) is 0 Å². The maximum Gasteiger partial charge on any atom is 0.306 e. The minimum absolute atomic E-state index is 0.0586. The van der Waals surface area contributed by atoms with Gasteiger partial charge in [0.25, 0.3) is 0 Å². The van der Waals surface area contributed by atoms with Gasteiger partial charge in [-0.3, -0.25) is 9.59 Å². The first-order chi connectivity index (χ1) is 23.7. The molecule has 5 saturated heterocycles. The van der Waals surface area contributed by atoms with Crippen LogP contribution in [0.4, 0.5) is 0 Å². The van der Waals surface area contributed by atoms with Gasteiger partial charge in [-0.05, 0) is 63.9 Å². The summed E-state index contributed by atoms with van der Waals surface area (Å²) in [6.07, 6.45) is 4.87. The fraction of sp³-hybridized carbons (Fsp3) is 0.900. The number of ether oxygens (including phenoxy) is 5. The molecular weight excluding hydrogens is 656 g/mol. The molecule has 11 nitrogen and oxygen atoms in total. The van der Waals surface area contributed by atoms with Crippen molar-refractivity contribution in [2.75, 3.05) is 6.61 Å². The fourth-order valence-electron chi connectivity index (χ4n) is 10.1. The maximum absolute atomic E-state index is 13.2. The third-order valence-corrected chi connectivity index (χ3v) is 13.6. The van der Waals surface area contributed by atoms with Crippen LogP contribution in [0.1, 0.15) is 121 Å². The third-order valence-electron chi connectivity index (χ3n) is 13.6. The van der Waals surface area contributed by atoms with Gasteiger partial charge in [-0.25, -0.2) is 0 Å². The molecule has 17 atom stereocenters. The molecule has 0 radical (unpaired) electrons. The molecule has 2 spiro atoms. The molecule has 51 heavy (non-hydrogen) atoms. The Labute approximate surface area is 304 Å². The number of carbonyl (C=O) groups excluding carboxylic acids is 1. The van der Waals surface area contributed by atoms with E-state index in [0.29, 0.717) is 31.3 Å². The van der Waals surface area contributed by atoms with Crippen LogP contribution in [-0.2, 0) is 33.3 Å². The number of rotatable bonds is 10. The van der Waals surface area contributed by atoms with Gasteiger partial charge in [-0.1, -0.05) is 61.5 Å². The lowest BCUT2D eigenvalue weighted by atomic mass is 9.78. The Hall–Kier alpha value is -1.44. The van der Waals surface area contributed by atoms with Crippen LogP contribution in [0.3, 0.4) is 0 Å². The zero-order valence-corrected chi connectivity index (χ0v) is 32.6. The van der Waals surface area contributed by atoms with Crippen molar-refractivity contribution < 1.29 is 53.7 Å². The molecule has 0 saturated carbocycles. The van der Waals surface area contributed by atoms with Crippen LogP contribution < -0.4 is 0 Å². The van der Waals surface area contributed by atoms with Crippen molar-refractivity contribution >= 4 is 11.8 Å². The van der Waals surface area contributed by atoms with E-state index >= 15 is 0 Å². The number of allylic oxidation sites excluding steroid dienone is 1. The highest BCUT2D eigenvalue weighted by Gasteiger charge is 2.63. The summed E-state index contributed by atoms with van der Waals surface area (Å²) in [7, 11) is 0. The summed E-state index contributed by atoms with van der Waals surface area (Å²) >= 11 is 0. The highest BCUT2D eigenvalue weighted by Crippen LogP contribution is 2.56.